The number of carbonyl (C=O) groups excluding carboxylic acids is 1. The van der Waals surface area contributed by atoms with Crippen LogP contribution in [0.5, 0.6) is 0 Å². The molecule has 1 aromatic heterocycles. The van der Waals surface area contributed by atoms with Crippen molar-refractivity contribution in [3.8, 4) is 0 Å². The standard InChI is InChI=1S/C13H12N2O3/c1-6-5-14-12(16)11-10(6)8-4-7(13(17)18)2-3-9(8)15-11/h2-4,6,15H,5H2,1H3,(H,14,16)(H,17,18). The monoisotopic (exact) mass is 244 g/mol. The molecular formula is C13H12N2O3. The summed E-state index contributed by atoms with van der Waals surface area (Å²) in [7, 11) is 0. The maximum atomic E-state index is 11.8. The summed E-state index contributed by atoms with van der Waals surface area (Å²) in [5.74, 6) is -0.911. The van der Waals surface area contributed by atoms with Gasteiger partial charge in [-0.25, -0.2) is 4.79 Å². The van der Waals surface area contributed by atoms with Crippen LogP contribution in [0.1, 0.15) is 39.3 Å². The SMILES string of the molecule is CC1CNC(=O)c2[nH]c3ccc(C(=O)O)cc3c21. The lowest BCUT2D eigenvalue weighted by Gasteiger charge is -2.19. The number of aromatic amines is 1. The summed E-state index contributed by atoms with van der Waals surface area (Å²) in [5, 5.41) is 12.6. The molecule has 1 aliphatic heterocycles. The smallest absolute Gasteiger partial charge is 0.335 e. The number of amides is 1. The Balaban J connectivity index is 2.32. The molecule has 0 radical (unpaired) electrons. The third-order valence-corrected chi connectivity index (χ3v) is 3.37. The van der Waals surface area contributed by atoms with E-state index in [1.165, 1.54) is 6.07 Å². The van der Waals surface area contributed by atoms with Gasteiger partial charge in [-0.3, -0.25) is 4.79 Å². The first-order valence-corrected chi connectivity index (χ1v) is 5.75. The van der Waals surface area contributed by atoms with Crippen molar-refractivity contribution in [3.63, 3.8) is 0 Å². The normalized spacial score (nSPS) is 18.5. The van der Waals surface area contributed by atoms with Crippen molar-refractivity contribution in [1.82, 2.24) is 10.3 Å². The van der Waals surface area contributed by atoms with Gasteiger partial charge in [0.05, 0.1) is 5.56 Å². The Morgan fingerprint density at radius 2 is 2.22 bits per heavy atom. The molecule has 0 saturated carbocycles. The number of hydrogen-bond acceptors (Lipinski definition) is 2. The molecule has 2 aromatic rings. The molecule has 0 aliphatic carbocycles. The summed E-state index contributed by atoms with van der Waals surface area (Å²) in [6.07, 6.45) is 0. The molecule has 1 aliphatic rings. The quantitative estimate of drug-likeness (QED) is 0.714. The maximum absolute atomic E-state index is 11.8. The lowest BCUT2D eigenvalue weighted by atomic mass is 9.94. The molecule has 1 unspecified atom stereocenters. The van der Waals surface area contributed by atoms with E-state index >= 15 is 0 Å². The third-order valence-electron chi connectivity index (χ3n) is 3.37. The van der Waals surface area contributed by atoms with Crippen LogP contribution in [0.25, 0.3) is 10.9 Å². The van der Waals surface area contributed by atoms with Gasteiger partial charge in [-0.15, -0.1) is 0 Å². The van der Waals surface area contributed by atoms with E-state index in [9.17, 15) is 9.59 Å². The number of rotatable bonds is 1. The Kier molecular flexibility index (Phi) is 2.16. The Morgan fingerprint density at radius 3 is 2.94 bits per heavy atom. The van der Waals surface area contributed by atoms with E-state index in [1.807, 2.05) is 6.92 Å². The highest BCUT2D eigenvalue weighted by molar-refractivity contribution is 6.04. The molecule has 92 valence electrons. The van der Waals surface area contributed by atoms with Gasteiger partial charge in [0.2, 0.25) is 0 Å². The average Bonchev–Trinajstić information content (AvgIpc) is 2.73. The minimum Gasteiger partial charge on any atom is -0.478 e. The largest absolute Gasteiger partial charge is 0.478 e. The van der Waals surface area contributed by atoms with Crippen molar-refractivity contribution in [2.45, 2.75) is 12.8 Å². The summed E-state index contributed by atoms with van der Waals surface area (Å²) < 4.78 is 0. The Morgan fingerprint density at radius 1 is 1.44 bits per heavy atom. The van der Waals surface area contributed by atoms with Gasteiger partial charge in [0.15, 0.2) is 0 Å². The van der Waals surface area contributed by atoms with Gasteiger partial charge in [0, 0.05) is 23.4 Å². The van der Waals surface area contributed by atoms with Crippen molar-refractivity contribution in [3.05, 3.63) is 35.0 Å². The van der Waals surface area contributed by atoms with E-state index in [-0.39, 0.29) is 17.4 Å². The summed E-state index contributed by atoms with van der Waals surface area (Å²) in [4.78, 5) is 25.8. The number of benzene rings is 1. The van der Waals surface area contributed by atoms with E-state index in [4.69, 9.17) is 5.11 Å². The van der Waals surface area contributed by atoms with Crippen molar-refractivity contribution in [2.24, 2.45) is 0 Å². The van der Waals surface area contributed by atoms with Crippen molar-refractivity contribution in [1.29, 1.82) is 0 Å². The van der Waals surface area contributed by atoms with Crippen LogP contribution in [0.15, 0.2) is 18.2 Å². The molecule has 0 fully saturated rings. The second kappa shape index (κ2) is 3.60. The molecule has 1 atom stereocenters. The van der Waals surface area contributed by atoms with Crippen LogP contribution in [0.4, 0.5) is 0 Å². The van der Waals surface area contributed by atoms with E-state index in [0.29, 0.717) is 12.2 Å². The molecular weight excluding hydrogens is 232 g/mol. The van der Waals surface area contributed by atoms with Gasteiger partial charge in [-0.1, -0.05) is 6.92 Å². The highest BCUT2D eigenvalue weighted by Gasteiger charge is 2.27. The number of aromatic carboxylic acids is 1. The van der Waals surface area contributed by atoms with Crippen LogP contribution in [-0.4, -0.2) is 28.5 Å². The lowest BCUT2D eigenvalue weighted by Crippen LogP contribution is -2.33. The summed E-state index contributed by atoms with van der Waals surface area (Å²) in [6.45, 7) is 2.59. The number of carboxylic acid groups (broad SMARTS) is 1. The number of carbonyl (C=O) groups is 2. The third kappa shape index (κ3) is 1.40. The predicted molar refractivity (Wildman–Crippen MR) is 66.0 cm³/mol. The topological polar surface area (TPSA) is 82.2 Å². The second-order valence-electron chi connectivity index (χ2n) is 4.59. The van der Waals surface area contributed by atoms with Gasteiger partial charge < -0.3 is 15.4 Å². The first kappa shape index (κ1) is 10.8. The van der Waals surface area contributed by atoms with Crippen LogP contribution in [0, 0.1) is 0 Å². The highest BCUT2D eigenvalue weighted by Crippen LogP contribution is 2.32. The van der Waals surface area contributed by atoms with Gasteiger partial charge in [-0.2, -0.15) is 0 Å². The van der Waals surface area contributed by atoms with Crippen LogP contribution >= 0.6 is 0 Å². The van der Waals surface area contributed by atoms with E-state index in [1.54, 1.807) is 12.1 Å². The average molecular weight is 244 g/mol. The second-order valence-corrected chi connectivity index (χ2v) is 4.59. The fourth-order valence-corrected chi connectivity index (χ4v) is 2.47. The van der Waals surface area contributed by atoms with Crippen LogP contribution < -0.4 is 5.32 Å². The fourth-order valence-electron chi connectivity index (χ4n) is 2.47. The molecule has 0 saturated heterocycles. The molecule has 1 aromatic carbocycles. The number of hydrogen-bond donors (Lipinski definition) is 3. The number of carboxylic acids is 1. The number of aromatic nitrogens is 1. The lowest BCUT2D eigenvalue weighted by molar-refractivity contribution is 0.0697. The molecule has 3 N–H and O–H groups in total. The zero-order valence-electron chi connectivity index (χ0n) is 9.78. The first-order valence-electron chi connectivity index (χ1n) is 5.75. The molecule has 0 spiro atoms. The molecule has 2 heterocycles. The highest BCUT2D eigenvalue weighted by atomic mass is 16.4. The minimum absolute atomic E-state index is 0.129. The molecule has 18 heavy (non-hydrogen) atoms. The Bertz CT molecular complexity index is 672. The van der Waals surface area contributed by atoms with Gasteiger partial charge >= 0.3 is 5.97 Å². The van der Waals surface area contributed by atoms with E-state index in [2.05, 4.69) is 10.3 Å². The molecule has 5 nitrogen and oxygen atoms in total. The van der Waals surface area contributed by atoms with E-state index in [0.717, 1.165) is 16.5 Å². The van der Waals surface area contributed by atoms with E-state index < -0.39 is 5.97 Å². The Labute approximate surface area is 103 Å². The summed E-state index contributed by atoms with van der Waals surface area (Å²) in [5.41, 5.74) is 2.50. The summed E-state index contributed by atoms with van der Waals surface area (Å²) in [6, 6.07) is 4.87. The van der Waals surface area contributed by atoms with Crippen LogP contribution in [-0.2, 0) is 0 Å². The van der Waals surface area contributed by atoms with Crippen LogP contribution in [0.2, 0.25) is 0 Å². The van der Waals surface area contributed by atoms with Crippen molar-refractivity contribution < 1.29 is 14.7 Å². The first-order chi connectivity index (χ1) is 8.58. The number of fused-ring (bicyclic) bond motifs is 3. The maximum Gasteiger partial charge on any atom is 0.335 e. The Hall–Kier alpha value is -2.30. The molecule has 1 amide bonds. The zero-order chi connectivity index (χ0) is 12.9. The van der Waals surface area contributed by atoms with Gasteiger partial charge in [-0.05, 0) is 23.8 Å². The van der Waals surface area contributed by atoms with Gasteiger partial charge in [0.25, 0.3) is 5.91 Å². The zero-order valence-corrected chi connectivity index (χ0v) is 9.78. The number of H-pyrrole nitrogens is 1. The molecule has 0 bridgehead atoms. The fraction of sp³-hybridized carbons (Fsp3) is 0.231. The number of nitrogens with one attached hydrogen (secondary N) is 2. The van der Waals surface area contributed by atoms with Crippen molar-refractivity contribution >= 4 is 22.8 Å². The summed E-state index contributed by atoms with van der Waals surface area (Å²) >= 11 is 0. The van der Waals surface area contributed by atoms with Gasteiger partial charge in [0.1, 0.15) is 5.69 Å². The van der Waals surface area contributed by atoms with Crippen LogP contribution in [0.3, 0.4) is 0 Å². The minimum atomic E-state index is -0.959. The molecule has 5 heteroatoms. The van der Waals surface area contributed by atoms with Crippen molar-refractivity contribution in [2.75, 3.05) is 6.54 Å². The predicted octanol–water partition coefficient (Wildman–Crippen LogP) is 1.71. The molecule has 3 rings (SSSR count).